The minimum Gasteiger partial charge on any atom is -0.389 e. The van der Waals surface area contributed by atoms with Gasteiger partial charge in [-0.15, -0.1) is 0 Å². The number of aromatic nitrogens is 1. The zero-order valence-electron chi connectivity index (χ0n) is 8.85. The molecule has 0 aliphatic carbocycles. The average Bonchev–Trinajstić information content (AvgIpc) is 2.32. The molecule has 0 aliphatic rings. The molecule has 0 saturated carbocycles. The smallest absolute Gasteiger partial charge is 0.131 e. The Bertz CT molecular complexity index is 557. The number of nitrogens with one attached hydrogen (secondary N) is 1. The molecule has 0 bridgehead atoms. The lowest BCUT2D eigenvalue weighted by Crippen LogP contribution is -2.09. The highest BCUT2D eigenvalue weighted by Crippen LogP contribution is 2.24. The number of pyridine rings is 1. The van der Waals surface area contributed by atoms with Crippen LogP contribution >= 0.6 is 28.1 Å². The van der Waals surface area contributed by atoms with Crippen LogP contribution in [-0.2, 0) is 0 Å². The Morgan fingerprint density at radius 2 is 2.06 bits per heavy atom. The van der Waals surface area contributed by atoms with Crippen molar-refractivity contribution in [2.24, 2.45) is 5.73 Å². The van der Waals surface area contributed by atoms with E-state index >= 15 is 0 Å². The van der Waals surface area contributed by atoms with Crippen molar-refractivity contribution in [2.75, 3.05) is 5.32 Å². The molecule has 17 heavy (non-hydrogen) atoms. The second-order valence-corrected chi connectivity index (χ2v) is 4.69. The maximum atomic E-state index is 5.57. The first-order chi connectivity index (χ1) is 8.16. The van der Waals surface area contributed by atoms with Gasteiger partial charge in [-0.2, -0.15) is 0 Å². The number of thiocarbonyl (C=S) groups is 1. The first-order valence-electron chi connectivity index (χ1n) is 4.94. The number of halogens is 1. The minimum atomic E-state index is 0.363. The van der Waals surface area contributed by atoms with E-state index in [1.807, 2.05) is 30.3 Å². The molecule has 2 rings (SSSR count). The Hall–Kier alpha value is -1.46. The molecule has 86 valence electrons. The second kappa shape index (κ2) is 5.25. The first kappa shape index (κ1) is 12.0. The molecule has 3 nitrogen and oxygen atoms in total. The molecular weight excluding hydrogens is 298 g/mol. The van der Waals surface area contributed by atoms with Gasteiger partial charge in [-0.1, -0.05) is 24.4 Å². The second-order valence-electron chi connectivity index (χ2n) is 3.40. The summed E-state index contributed by atoms with van der Waals surface area (Å²) in [5.41, 5.74) is 7.31. The van der Waals surface area contributed by atoms with E-state index in [2.05, 4.69) is 26.2 Å². The highest BCUT2D eigenvalue weighted by Gasteiger charge is 2.02. The molecule has 0 saturated heterocycles. The third kappa shape index (κ3) is 3.01. The fourth-order valence-electron chi connectivity index (χ4n) is 1.35. The normalized spacial score (nSPS) is 9.94. The molecule has 0 aliphatic heterocycles. The Kier molecular flexibility index (Phi) is 3.71. The predicted molar refractivity (Wildman–Crippen MR) is 77.5 cm³/mol. The monoisotopic (exact) mass is 307 g/mol. The topological polar surface area (TPSA) is 50.9 Å². The molecule has 1 aromatic heterocycles. The van der Waals surface area contributed by atoms with Crippen LogP contribution in [0, 0.1) is 0 Å². The maximum absolute atomic E-state index is 5.57. The number of anilines is 2. The number of nitrogens with zero attached hydrogens (tertiary/aromatic N) is 1. The molecule has 0 fully saturated rings. The molecular formula is C12H10BrN3S. The van der Waals surface area contributed by atoms with Crippen LogP contribution in [0.2, 0.25) is 0 Å². The van der Waals surface area contributed by atoms with Gasteiger partial charge in [0.15, 0.2) is 0 Å². The van der Waals surface area contributed by atoms with E-state index < -0.39 is 0 Å². The highest BCUT2D eigenvalue weighted by atomic mass is 79.9. The van der Waals surface area contributed by atoms with Crippen LogP contribution in [0.3, 0.4) is 0 Å². The SMILES string of the molecule is NC(=S)c1ccnc(Nc2ccccc2Br)c1. The summed E-state index contributed by atoms with van der Waals surface area (Å²) in [6.45, 7) is 0. The lowest BCUT2D eigenvalue weighted by molar-refractivity contribution is 1.30. The van der Waals surface area contributed by atoms with E-state index in [1.54, 1.807) is 12.3 Å². The van der Waals surface area contributed by atoms with Crippen LogP contribution in [0.25, 0.3) is 0 Å². The average molecular weight is 308 g/mol. The summed E-state index contributed by atoms with van der Waals surface area (Å²) in [5, 5.41) is 3.19. The maximum Gasteiger partial charge on any atom is 0.131 e. The van der Waals surface area contributed by atoms with Crippen molar-refractivity contribution in [1.29, 1.82) is 0 Å². The molecule has 0 radical (unpaired) electrons. The molecule has 0 atom stereocenters. The van der Waals surface area contributed by atoms with Crippen molar-refractivity contribution in [1.82, 2.24) is 4.98 Å². The number of para-hydroxylation sites is 1. The van der Waals surface area contributed by atoms with E-state index in [1.165, 1.54) is 0 Å². The summed E-state index contributed by atoms with van der Waals surface area (Å²) >= 11 is 8.39. The molecule has 1 heterocycles. The molecule has 1 aromatic carbocycles. The van der Waals surface area contributed by atoms with Crippen LogP contribution in [0.5, 0.6) is 0 Å². The van der Waals surface area contributed by atoms with Crippen molar-refractivity contribution in [3.8, 4) is 0 Å². The van der Waals surface area contributed by atoms with E-state index in [0.29, 0.717) is 10.8 Å². The van der Waals surface area contributed by atoms with Gasteiger partial charge in [0.25, 0.3) is 0 Å². The summed E-state index contributed by atoms with van der Waals surface area (Å²) in [6.07, 6.45) is 1.67. The van der Waals surface area contributed by atoms with Crippen LogP contribution in [0.15, 0.2) is 47.1 Å². The Labute approximate surface area is 113 Å². The van der Waals surface area contributed by atoms with Gasteiger partial charge in [0, 0.05) is 16.2 Å². The third-order valence-electron chi connectivity index (χ3n) is 2.18. The predicted octanol–water partition coefficient (Wildman–Crippen LogP) is 3.22. The highest BCUT2D eigenvalue weighted by molar-refractivity contribution is 9.10. The number of benzene rings is 1. The Morgan fingerprint density at radius 3 is 2.76 bits per heavy atom. The lowest BCUT2D eigenvalue weighted by atomic mass is 10.2. The zero-order valence-corrected chi connectivity index (χ0v) is 11.3. The molecule has 0 amide bonds. The van der Waals surface area contributed by atoms with Gasteiger partial charge < -0.3 is 11.1 Å². The Balaban J connectivity index is 2.28. The number of hydrogen-bond donors (Lipinski definition) is 2. The van der Waals surface area contributed by atoms with Crippen molar-refractivity contribution < 1.29 is 0 Å². The van der Waals surface area contributed by atoms with Crippen molar-refractivity contribution >= 4 is 44.6 Å². The van der Waals surface area contributed by atoms with E-state index in [4.69, 9.17) is 18.0 Å². The van der Waals surface area contributed by atoms with Crippen LogP contribution in [0.1, 0.15) is 5.56 Å². The molecule has 5 heteroatoms. The lowest BCUT2D eigenvalue weighted by Gasteiger charge is -2.08. The molecule has 0 spiro atoms. The summed E-state index contributed by atoms with van der Waals surface area (Å²) < 4.78 is 0.975. The van der Waals surface area contributed by atoms with E-state index in [-0.39, 0.29) is 0 Å². The number of rotatable bonds is 3. The fourth-order valence-corrected chi connectivity index (χ4v) is 1.86. The van der Waals surface area contributed by atoms with Gasteiger partial charge >= 0.3 is 0 Å². The summed E-state index contributed by atoms with van der Waals surface area (Å²) in [5.74, 6) is 0.710. The number of nitrogens with two attached hydrogens (primary N) is 1. The van der Waals surface area contributed by atoms with Gasteiger partial charge in [-0.3, -0.25) is 0 Å². The standard InChI is InChI=1S/C12H10BrN3S/c13-9-3-1-2-4-10(9)16-11-7-8(12(14)17)5-6-15-11/h1-7H,(H2,14,17)(H,15,16). The summed E-state index contributed by atoms with van der Waals surface area (Å²) in [4.78, 5) is 4.57. The quantitative estimate of drug-likeness (QED) is 0.855. The van der Waals surface area contributed by atoms with Gasteiger partial charge in [0.05, 0.1) is 5.69 Å². The first-order valence-corrected chi connectivity index (χ1v) is 6.14. The van der Waals surface area contributed by atoms with E-state index in [0.717, 1.165) is 15.7 Å². The van der Waals surface area contributed by atoms with Gasteiger partial charge in [-0.25, -0.2) is 4.98 Å². The van der Waals surface area contributed by atoms with Gasteiger partial charge in [0.2, 0.25) is 0 Å². The van der Waals surface area contributed by atoms with E-state index in [9.17, 15) is 0 Å². The fraction of sp³-hybridized carbons (Fsp3) is 0. The summed E-state index contributed by atoms with van der Waals surface area (Å²) in [7, 11) is 0. The van der Waals surface area contributed by atoms with Gasteiger partial charge in [-0.05, 0) is 40.2 Å². The number of hydrogen-bond acceptors (Lipinski definition) is 3. The van der Waals surface area contributed by atoms with Gasteiger partial charge in [0.1, 0.15) is 10.8 Å². The molecule has 3 N–H and O–H groups in total. The minimum absolute atomic E-state index is 0.363. The summed E-state index contributed by atoms with van der Waals surface area (Å²) in [6, 6.07) is 11.4. The third-order valence-corrected chi connectivity index (χ3v) is 3.11. The molecule has 0 unspecified atom stereocenters. The van der Waals surface area contributed by atoms with Crippen LogP contribution in [0.4, 0.5) is 11.5 Å². The van der Waals surface area contributed by atoms with Crippen LogP contribution < -0.4 is 11.1 Å². The molecule has 2 aromatic rings. The van der Waals surface area contributed by atoms with Crippen molar-refractivity contribution in [3.63, 3.8) is 0 Å². The van der Waals surface area contributed by atoms with Crippen LogP contribution in [-0.4, -0.2) is 9.97 Å². The van der Waals surface area contributed by atoms with Crippen molar-refractivity contribution in [2.45, 2.75) is 0 Å². The largest absolute Gasteiger partial charge is 0.389 e. The zero-order chi connectivity index (χ0) is 12.3. The van der Waals surface area contributed by atoms with Crippen molar-refractivity contribution in [3.05, 3.63) is 52.6 Å². The Morgan fingerprint density at radius 1 is 1.29 bits per heavy atom.